The molecule has 3 amide bonds. The van der Waals surface area contributed by atoms with E-state index in [-0.39, 0.29) is 17.9 Å². The number of hydrogen-bond acceptors (Lipinski definition) is 3. The highest BCUT2D eigenvalue weighted by molar-refractivity contribution is 5.94. The van der Waals surface area contributed by atoms with Crippen LogP contribution in [0.4, 0.5) is 4.79 Å². The van der Waals surface area contributed by atoms with E-state index in [0.717, 1.165) is 18.4 Å². The molecule has 1 saturated heterocycles. The Morgan fingerprint density at radius 2 is 2.11 bits per heavy atom. The molecule has 2 fully saturated rings. The molecular weight excluding hydrogens is 346 g/mol. The first-order chi connectivity index (χ1) is 12.8. The van der Waals surface area contributed by atoms with Crippen LogP contribution in [-0.2, 0) is 11.2 Å². The van der Waals surface area contributed by atoms with E-state index in [1.54, 1.807) is 25.1 Å². The number of nitrogens with one attached hydrogen (secondary N) is 1. The Kier molecular flexibility index (Phi) is 5.39. The molecule has 0 radical (unpaired) electrons. The van der Waals surface area contributed by atoms with Gasteiger partial charge in [-0.3, -0.25) is 9.59 Å². The summed E-state index contributed by atoms with van der Waals surface area (Å²) in [5, 5.41) is 12.5. The number of rotatable bonds is 5. The number of carbonyl (C=O) groups excluding carboxylic acids is 2. The first-order valence-corrected chi connectivity index (χ1v) is 9.40. The third kappa shape index (κ3) is 3.77. The number of urea groups is 1. The van der Waals surface area contributed by atoms with Crippen LogP contribution in [0.15, 0.2) is 24.3 Å². The van der Waals surface area contributed by atoms with Gasteiger partial charge in [0.15, 0.2) is 0 Å². The Morgan fingerprint density at radius 3 is 2.78 bits per heavy atom. The first kappa shape index (κ1) is 19.2. The topological polar surface area (TPSA) is 90.0 Å². The maximum absolute atomic E-state index is 12.5. The van der Waals surface area contributed by atoms with Crippen molar-refractivity contribution in [3.8, 4) is 0 Å². The number of carboxylic acids is 1. The van der Waals surface area contributed by atoms with Gasteiger partial charge in [0.25, 0.3) is 5.91 Å². The van der Waals surface area contributed by atoms with E-state index in [1.807, 2.05) is 18.2 Å². The summed E-state index contributed by atoms with van der Waals surface area (Å²) in [6, 6.07) is 7.18. The minimum atomic E-state index is -0.775. The molecular formula is C20H27N3O4. The number of likely N-dealkylation sites (tertiary alicyclic amines) is 1. The molecule has 0 unspecified atom stereocenters. The Morgan fingerprint density at radius 1 is 1.33 bits per heavy atom. The van der Waals surface area contributed by atoms with Gasteiger partial charge in [-0.2, -0.15) is 0 Å². The molecule has 7 heteroatoms. The van der Waals surface area contributed by atoms with E-state index < -0.39 is 11.4 Å². The van der Waals surface area contributed by atoms with Gasteiger partial charge in [-0.05, 0) is 42.9 Å². The second-order valence-electron chi connectivity index (χ2n) is 7.81. The minimum Gasteiger partial charge on any atom is -0.481 e. The van der Waals surface area contributed by atoms with Crippen molar-refractivity contribution in [2.45, 2.75) is 25.7 Å². The number of benzene rings is 1. The van der Waals surface area contributed by atoms with Crippen molar-refractivity contribution < 1.29 is 19.5 Å². The van der Waals surface area contributed by atoms with Crippen molar-refractivity contribution in [2.24, 2.45) is 11.3 Å². The summed E-state index contributed by atoms with van der Waals surface area (Å²) in [6.07, 6.45) is 3.07. The number of nitrogens with zero attached hydrogens (tertiary/aromatic N) is 2. The van der Waals surface area contributed by atoms with Crippen molar-refractivity contribution >= 4 is 17.9 Å². The molecule has 2 aliphatic rings. The highest BCUT2D eigenvalue weighted by Crippen LogP contribution is 2.48. The highest BCUT2D eigenvalue weighted by Gasteiger charge is 2.55. The van der Waals surface area contributed by atoms with Crippen molar-refractivity contribution in [3.05, 3.63) is 35.4 Å². The lowest BCUT2D eigenvalue weighted by molar-refractivity contribution is -0.149. The van der Waals surface area contributed by atoms with Crippen LogP contribution in [0.2, 0.25) is 0 Å². The summed E-state index contributed by atoms with van der Waals surface area (Å²) in [5.41, 5.74) is 0.848. The van der Waals surface area contributed by atoms with Crippen LogP contribution in [0.25, 0.3) is 0 Å². The van der Waals surface area contributed by atoms with Gasteiger partial charge < -0.3 is 20.2 Å². The molecule has 1 saturated carbocycles. The number of aliphatic carboxylic acids is 1. The summed E-state index contributed by atoms with van der Waals surface area (Å²) < 4.78 is 0. The predicted octanol–water partition coefficient (Wildman–Crippen LogP) is 1.83. The van der Waals surface area contributed by atoms with Crippen LogP contribution >= 0.6 is 0 Å². The van der Waals surface area contributed by atoms with E-state index >= 15 is 0 Å². The molecule has 0 bridgehead atoms. The zero-order chi connectivity index (χ0) is 19.6. The zero-order valence-electron chi connectivity index (χ0n) is 15.9. The molecule has 1 aliphatic carbocycles. The van der Waals surface area contributed by atoms with Crippen LogP contribution < -0.4 is 5.32 Å². The number of carboxylic acid groups (broad SMARTS) is 1. The molecule has 1 heterocycles. The molecule has 1 aliphatic heterocycles. The molecule has 146 valence electrons. The molecule has 3 rings (SSSR count). The number of amides is 3. The molecule has 2 N–H and O–H groups in total. The van der Waals surface area contributed by atoms with Gasteiger partial charge in [0.1, 0.15) is 0 Å². The third-order valence-corrected chi connectivity index (χ3v) is 5.85. The Labute approximate surface area is 159 Å². The van der Waals surface area contributed by atoms with E-state index in [2.05, 4.69) is 5.32 Å². The lowest BCUT2D eigenvalue weighted by Gasteiger charge is -2.23. The minimum absolute atomic E-state index is 0.0524. The largest absolute Gasteiger partial charge is 0.481 e. The van der Waals surface area contributed by atoms with Gasteiger partial charge in [0.2, 0.25) is 0 Å². The maximum Gasteiger partial charge on any atom is 0.317 e. The number of carbonyl (C=O) groups is 3. The Hall–Kier alpha value is -2.57. The third-order valence-electron chi connectivity index (χ3n) is 5.85. The van der Waals surface area contributed by atoms with Crippen molar-refractivity contribution in [2.75, 3.05) is 33.7 Å². The van der Waals surface area contributed by atoms with E-state index in [9.17, 15) is 19.5 Å². The van der Waals surface area contributed by atoms with Gasteiger partial charge in [-0.15, -0.1) is 0 Å². The van der Waals surface area contributed by atoms with Crippen molar-refractivity contribution in [1.29, 1.82) is 0 Å². The maximum atomic E-state index is 12.5. The molecule has 27 heavy (non-hydrogen) atoms. The normalized spacial score (nSPS) is 23.8. The fourth-order valence-corrected chi connectivity index (χ4v) is 4.34. The second kappa shape index (κ2) is 7.58. The quantitative estimate of drug-likeness (QED) is 0.824. The SMILES string of the molecule is CN(C)C(=O)c1cccc(CCNC(=O)N2C[C@@H]3CCC[C@@]3(C(=O)O)C2)c1. The fraction of sp³-hybridized carbons (Fsp3) is 0.550. The molecule has 7 nitrogen and oxygen atoms in total. The molecule has 2 atom stereocenters. The molecule has 1 aromatic carbocycles. The smallest absolute Gasteiger partial charge is 0.317 e. The molecule has 0 aromatic heterocycles. The number of hydrogen-bond donors (Lipinski definition) is 2. The fourth-order valence-electron chi connectivity index (χ4n) is 4.34. The van der Waals surface area contributed by atoms with Crippen LogP contribution in [0.3, 0.4) is 0 Å². The lowest BCUT2D eigenvalue weighted by atomic mass is 9.81. The molecule has 0 spiro atoms. The van der Waals surface area contributed by atoms with Crippen molar-refractivity contribution in [1.82, 2.24) is 15.1 Å². The lowest BCUT2D eigenvalue weighted by Crippen LogP contribution is -2.42. The van der Waals surface area contributed by atoms with Gasteiger partial charge in [0, 0.05) is 39.3 Å². The van der Waals surface area contributed by atoms with Crippen LogP contribution in [0, 0.1) is 11.3 Å². The summed E-state index contributed by atoms with van der Waals surface area (Å²) in [7, 11) is 3.43. The summed E-state index contributed by atoms with van der Waals surface area (Å²) >= 11 is 0. The predicted molar refractivity (Wildman–Crippen MR) is 101 cm³/mol. The first-order valence-electron chi connectivity index (χ1n) is 9.40. The average Bonchev–Trinajstić information content (AvgIpc) is 3.19. The average molecular weight is 373 g/mol. The van der Waals surface area contributed by atoms with Gasteiger partial charge >= 0.3 is 12.0 Å². The summed E-state index contributed by atoms with van der Waals surface area (Å²) in [4.78, 5) is 39.4. The second-order valence-corrected chi connectivity index (χ2v) is 7.81. The Bertz CT molecular complexity index is 748. The summed E-state index contributed by atoms with van der Waals surface area (Å²) in [6.45, 7) is 1.26. The monoisotopic (exact) mass is 373 g/mol. The van der Waals surface area contributed by atoms with E-state index in [4.69, 9.17) is 0 Å². The molecule has 1 aromatic rings. The zero-order valence-corrected chi connectivity index (χ0v) is 15.9. The van der Waals surface area contributed by atoms with Crippen molar-refractivity contribution in [3.63, 3.8) is 0 Å². The highest BCUT2D eigenvalue weighted by atomic mass is 16.4. The van der Waals surface area contributed by atoms with Crippen LogP contribution in [-0.4, -0.2) is 66.5 Å². The van der Waals surface area contributed by atoms with Crippen LogP contribution in [0.1, 0.15) is 35.2 Å². The Balaban J connectivity index is 1.53. The number of fused-ring (bicyclic) bond motifs is 1. The van der Waals surface area contributed by atoms with E-state index in [0.29, 0.717) is 38.0 Å². The van der Waals surface area contributed by atoms with Gasteiger partial charge in [-0.1, -0.05) is 18.6 Å². The van der Waals surface area contributed by atoms with Gasteiger partial charge in [0.05, 0.1) is 5.41 Å². The summed E-state index contributed by atoms with van der Waals surface area (Å²) in [5.74, 6) is -0.763. The van der Waals surface area contributed by atoms with Gasteiger partial charge in [-0.25, -0.2) is 4.79 Å². The van der Waals surface area contributed by atoms with E-state index in [1.165, 1.54) is 4.90 Å². The van der Waals surface area contributed by atoms with Crippen LogP contribution in [0.5, 0.6) is 0 Å². The standard InChI is InChI=1S/C20H27N3O4/c1-22(2)17(24)15-6-3-5-14(11-15)8-10-21-19(27)23-12-16-7-4-9-20(16,13-23)18(25)26/h3,5-6,11,16H,4,7-10,12-13H2,1-2H3,(H,21,27)(H,25,26)/t16-,20+/m0/s1.